The van der Waals surface area contributed by atoms with Crippen molar-refractivity contribution in [2.45, 2.75) is 32.6 Å². The number of hydrogen-bond acceptors (Lipinski definition) is 3. The van der Waals surface area contributed by atoms with Gasteiger partial charge in [-0.05, 0) is 31.5 Å². The Morgan fingerprint density at radius 3 is 2.58 bits per heavy atom. The number of rotatable bonds is 5. The second-order valence-corrected chi connectivity index (χ2v) is 4.57. The van der Waals surface area contributed by atoms with Crippen LogP contribution in [0.15, 0.2) is 30.4 Å². The fourth-order valence-corrected chi connectivity index (χ4v) is 1.95. The predicted molar refractivity (Wildman–Crippen MR) is 68.7 cm³/mol. The van der Waals surface area contributed by atoms with Gasteiger partial charge in [0, 0.05) is 6.54 Å². The summed E-state index contributed by atoms with van der Waals surface area (Å²) in [5, 5.41) is 3.26. The zero-order valence-electron chi connectivity index (χ0n) is 10.9. The van der Waals surface area contributed by atoms with E-state index in [1.807, 2.05) is 26.0 Å². The molecular formula is C14H17F2NO2. The number of nitrogens with one attached hydrogen (secondary N) is 1. The van der Waals surface area contributed by atoms with Gasteiger partial charge >= 0.3 is 6.61 Å². The van der Waals surface area contributed by atoms with E-state index in [0.717, 1.165) is 12.1 Å². The maximum Gasteiger partial charge on any atom is 0.387 e. The van der Waals surface area contributed by atoms with E-state index in [9.17, 15) is 8.78 Å². The van der Waals surface area contributed by atoms with Gasteiger partial charge in [-0.2, -0.15) is 8.78 Å². The molecule has 0 bridgehead atoms. The molecule has 2 rings (SSSR count). The van der Waals surface area contributed by atoms with Gasteiger partial charge < -0.3 is 14.8 Å². The molecule has 1 N–H and O–H groups in total. The van der Waals surface area contributed by atoms with Crippen molar-refractivity contribution in [2.75, 3.05) is 6.54 Å². The van der Waals surface area contributed by atoms with Gasteiger partial charge in [0.2, 0.25) is 0 Å². The minimum atomic E-state index is -2.86. The maximum absolute atomic E-state index is 12.3. The van der Waals surface area contributed by atoms with Gasteiger partial charge in [-0.3, -0.25) is 0 Å². The monoisotopic (exact) mass is 269 g/mol. The van der Waals surface area contributed by atoms with E-state index in [1.165, 1.54) is 6.07 Å². The van der Waals surface area contributed by atoms with Crippen LogP contribution in [0.5, 0.6) is 11.5 Å². The molecule has 19 heavy (non-hydrogen) atoms. The van der Waals surface area contributed by atoms with Crippen molar-refractivity contribution in [2.24, 2.45) is 0 Å². The molecule has 1 unspecified atom stereocenters. The molecule has 1 heterocycles. The van der Waals surface area contributed by atoms with Crippen LogP contribution >= 0.6 is 0 Å². The Hall–Kier alpha value is -1.62. The van der Waals surface area contributed by atoms with E-state index < -0.39 is 6.61 Å². The third-order valence-corrected chi connectivity index (χ3v) is 2.69. The Bertz CT molecular complexity index is 461. The van der Waals surface area contributed by atoms with E-state index in [4.69, 9.17) is 4.74 Å². The summed E-state index contributed by atoms with van der Waals surface area (Å²) in [6, 6.07) is 5.12. The molecule has 0 radical (unpaired) electrons. The minimum Gasteiger partial charge on any atom is -0.487 e. The lowest BCUT2D eigenvalue weighted by molar-refractivity contribution is -0.0519. The van der Waals surface area contributed by atoms with Crippen LogP contribution in [0, 0.1) is 0 Å². The lowest BCUT2D eigenvalue weighted by atomic mass is 10.1. The third-order valence-electron chi connectivity index (χ3n) is 2.69. The highest BCUT2D eigenvalue weighted by Crippen LogP contribution is 2.33. The molecule has 1 aromatic carbocycles. The summed E-state index contributed by atoms with van der Waals surface area (Å²) in [5.41, 5.74) is 0.964. The number of halogens is 2. The Balaban J connectivity index is 2.26. The lowest BCUT2D eigenvalue weighted by Gasteiger charge is -2.17. The first-order valence-electron chi connectivity index (χ1n) is 6.21. The van der Waals surface area contributed by atoms with Gasteiger partial charge in [-0.1, -0.05) is 18.2 Å². The SMILES string of the molecule is CC(C)Oc1cc(C2C=CCN2)ccc1OC(F)F. The smallest absolute Gasteiger partial charge is 0.387 e. The minimum absolute atomic E-state index is 0.0643. The Kier molecular flexibility index (Phi) is 4.37. The third kappa shape index (κ3) is 3.67. The van der Waals surface area contributed by atoms with Gasteiger partial charge in [0.25, 0.3) is 0 Å². The highest BCUT2D eigenvalue weighted by atomic mass is 19.3. The lowest BCUT2D eigenvalue weighted by Crippen LogP contribution is -2.15. The first kappa shape index (κ1) is 13.8. The molecule has 0 saturated heterocycles. The summed E-state index contributed by atoms with van der Waals surface area (Å²) >= 11 is 0. The fraction of sp³-hybridized carbons (Fsp3) is 0.429. The quantitative estimate of drug-likeness (QED) is 0.832. The predicted octanol–water partition coefficient (Wildman–Crippen LogP) is 3.28. The van der Waals surface area contributed by atoms with E-state index in [1.54, 1.807) is 12.1 Å². The second-order valence-electron chi connectivity index (χ2n) is 4.57. The topological polar surface area (TPSA) is 30.5 Å². The van der Waals surface area contributed by atoms with Crippen molar-refractivity contribution >= 4 is 0 Å². The first-order chi connectivity index (χ1) is 9.06. The van der Waals surface area contributed by atoms with Crippen LogP contribution in [-0.4, -0.2) is 19.3 Å². The van der Waals surface area contributed by atoms with E-state index in [-0.39, 0.29) is 17.9 Å². The van der Waals surface area contributed by atoms with Crippen LogP contribution in [0.2, 0.25) is 0 Å². The Morgan fingerprint density at radius 1 is 1.21 bits per heavy atom. The first-order valence-corrected chi connectivity index (χ1v) is 6.21. The molecule has 0 aliphatic carbocycles. The van der Waals surface area contributed by atoms with E-state index in [0.29, 0.717) is 5.75 Å². The molecular weight excluding hydrogens is 252 g/mol. The van der Waals surface area contributed by atoms with Crippen LogP contribution in [0.1, 0.15) is 25.5 Å². The molecule has 3 nitrogen and oxygen atoms in total. The average Bonchev–Trinajstić information content (AvgIpc) is 2.83. The summed E-state index contributed by atoms with van der Waals surface area (Å²) in [7, 11) is 0. The number of hydrogen-bond donors (Lipinski definition) is 1. The Morgan fingerprint density at radius 2 is 2.00 bits per heavy atom. The molecule has 1 aliphatic rings. The highest BCUT2D eigenvalue weighted by Gasteiger charge is 2.17. The van der Waals surface area contributed by atoms with Gasteiger partial charge in [0.1, 0.15) is 0 Å². The van der Waals surface area contributed by atoms with Crippen LogP contribution in [-0.2, 0) is 0 Å². The van der Waals surface area contributed by atoms with Crippen molar-refractivity contribution in [3.63, 3.8) is 0 Å². The zero-order chi connectivity index (χ0) is 13.8. The van der Waals surface area contributed by atoms with Crippen LogP contribution < -0.4 is 14.8 Å². The molecule has 1 aliphatic heterocycles. The highest BCUT2D eigenvalue weighted by molar-refractivity contribution is 5.45. The molecule has 0 amide bonds. The molecule has 0 spiro atoms. The molecule has 1 atom stereocenters. The van der Waals surface area contributed by atoms with Gasteiger partial charge in [-0.15, -0.1) is 0 Å². The second kappa shape index (κ2) is 6.02. The summed E-state index contributed by atoms with van der Waals surface area (Å²) in [4.78, 5) is 0. The summed E-state index contributed by atoms with van der Waals surface area (Å²) in [6.07, 6.45) is 3.95. The number of alkyl halides is 2. The summed E-state index contributed by atoms with van der Waals surface area (Å²) in [5.74, 6) is 0.407. The van der Waals surface area contributed by atoms with E-state index >= 15 is 0 Å². The summed E-state index contributed by atoms with van der Waals surface area (Å²) < 4.78 is 34.7. The van der Waals surface area contributed by atoms with E-state index in [2.05, 4.69) is 10.1 Å². The zero-order valence-corrected chi connectivity index (χ0v) is 10.9. The van der Waals surface area contributed by atoms with Crippen LogP contribution in [0.4, 0.5) is 8.78 Å². The van der Waals surface area contributed by atoms with Gasteiger partial charge in [-0.25, -0.2) is 0 Å². The van der Waals surface area contributed by atoms with Gasteiger partial charge in [0.05, 0.1) is 12.1 Å². The molecule has 0 saturated carbocycles. The standard InChI is InChI=1S/C14H17F2NO2/c1-9(2)18-13-8-10(11-4-3-7-17-11)5-6-12(13)19-14(15)16/h3-6,8-9,11,14,17H,7H2,1-2H3. The van der Waals surface area contributed by atoms with Crippen molar-refractivity contribution in [1.82, 2.24) is 5.32 Å². The number of benzene rings is 1. The van der Waals surface area contributed by atoms with Crippen molar-refractivity contribution < 1.29 is 18.3 Å². The molecule has 104 valence electrons. The molecule has 0 fully saturated rings. The van der Waals surface area contributed by atoms with Crippen molar-refractivity contribution in [3.05, 3.63) is 35.9 Å². The van der Waals surface area contributed by atoms with Crippen LogP contribution in [0.3, 0.4) is 0 Å². The normalized spacial score (nSPS) is 18.3. The maximum atomic E-state index is 12.3. The van der Waals surface area contributed by atoms with Crippen molar-refractivity contribution in [1.29, 1.82) is 0 Å². The van der Waals surface area contributed by atoms with Crippen LogP contribution in [0.25, 0.3) is 0 Å². The average molecular weight is 269 g/mol. The van der Waals surface area contributed by atoms with Gasteiger partial charge in [0.15, 0.2) is 11.5 Å². The molecule has 5 heteroatoms. The largest absolute Gasteiger partial charge is 0.487 e. The number of ether oxygens (including phenoxy) is 2. The molecule has 0 aromatic heterocycles. The van der Waals surface area contributed by atoms with Crippen molar-refractivity contribution in [3.8, 4) is 11.5 Å². The summed E-state index contributed by atoms with van der Waals surface area (Å²) in [6.45, 7) is 1.63. The molecule has 1 aromatic rings. The fourth-order valence-electron chi connectivity index (χ4n) is 1.95. The Labute approximate surface area is 111 Å².